The molecule has 1 saturated heterocycles. The zero-order valence-electron chi connectivity index (χ0n) is 16.0. The van der Waals surface area contributed by atoms with Crippen molar-refractivity contribution < 1.29 is 17.9 Å². The van der Waals surface area contributed by atoms with E-state index in [1.54, 1.807) is 0 Å². The Hall–Kier alpha value is -1.90. The lowest BCUT2D eigenvalue weighted by Gasteiger charge is -2.35. The van der Waals surface area contributed by atoms with E-state index in [1.165, 1.54) is 6.26 Å². The molecule has 7 nitrogen and oxygen atoms in total. The maximum Gasteiger partial charge on any atom is 0.340 e. The summed E-state index contributed by atoms with van der Waals surface area (Å²) in [4.78, 5) is 14.6. The number of hydrogen-bond acceptors (Lipinski definition) is 5. The molecule has 1 fully saturated rings. The van der Waals surface area contributed by atoms with Crippen LogP contribution in [0, 0.1) is 5.92 Å². The largest absolute Gasteiger partial charge is 0.462 e. The normalized spacial score (nSPS) is 17.9. The van der Waals surface area contributed by atoms with Crippen molar-refractivity contribution in [2.45, 2.75) is 25.9 Å². The Balaban J connectivity index is 1.52. The van der Waals surface area contributed by atoms with Gasteiger partial charge in [-0.05, 0) is 31.7 Å². The summed E-state index contributed by atoms with van der Waals surface area (Å²) in [6, 6.07) is 7.78. The summed E-state index contributed by atoms with van der Waals surface area (Å²) in [5, 5.41) is 0.903. The second-order valence-corrected chi connectivity index (χ2v) is 9.09. The van der Waals surface area contributed by atoms with Gasteiger partial charge in [-0.1, -0.05) is 18.2 Å². The lowest BCUT2D eigenvalue weighted by atomic mass is 9.97. The second kappa shape index (κ2) is 8.00. The Labute approximate surface area is 160 Å². The zero-order valence-corrected chi connectivity index (χ0v) is 16.8. The summed E-state index contributed by atoms with van der Waals surface area (Å²) in [6.45, 7) is 3.80. The van der Waals surface area contributed by atoms with Crippen LogP contribution in [-0.2, 0) is 21.8 Å². The number of aryl methyl sites for hydroxylation is 1. The summed E-state index contributed by atoms with van der Waals surface area (Å²) in [7, 11) is -1.30. The molecule has 1 atom stereocenters. The highest BCUT2D eigenvalue weighted by Crippen LogP contribution is 2.23. The van der Waals surface area contributed by atoms with Crippen LogP contribution in [0.2, 0.25) is 0 Å². The van der Waals surface area contributed by atoms with Gasteiger partial charge in [-0.3, -0.25) is 4.90 Å². The van der Waals surface area contributed by atoms with E-state index in [9.17, 15) is 13.2 Å². The Morgan fingerprint density at radius 1 is 1.30 bits per heavy atom. The van der Waals surface area contributed by atoms with Crippen LogP contribution in [0.5, 0.6) is 0 Å². The maximum atomic E-state index is 12.5. The quantitative estimate of drug-likeness (QED) is 0.759. The van der Waals surface area contributed by atoms with E-state index in [4.69, 9.17) is 4.74 Å². The average Bonchev–Trinajstić information content (AvgIpc) is 2.96. The number of carbonyl (C=O) groups excluding carboxylic acids is 1. The van der Waals surface area contributed by atoms with Gasteiger partial charge < -0.3 is 9.30 Å². The topological polar surface area (TPSA) is 80.6 Å². The molecule has 148 valence electrons. The van der Waals surface area contributed by atoms with Gasteiger partial charge in [0.1, 0.15) is 0 Å². The molecule has 1 aliphatic heterocycles. The van der Waals surface area contributed by atoms with Crippen LogP contribution in [0.4, 0.5) is 0 Å². The highest BCUT2D eigenvalue weighted by atomic mass is 32.2. The first-order valence-electron chi connectivity index (χ1n) is 9.17. The molecule has 0 aliphatic carbocycles. The van der Waals surface area contributed by atoms with Gasteiger partial charge in [-0.15, -0.1) is 0 Å². The predicted octanol–water partition coefficient (Wildman–Crippen LogP) is 1.94. The molecule has 2 heterocycles. The molecule has 1 aliphatic rings. The molecule has 27 heavy (non-hydrogen) atoms. The summed E-state index contributed by atoms with van der Waals surface area (Å²) in [5.74, 6) is 0.00644. The van der Waals surface area contributed by atoms with Crippen LogP contribution in [-0.4, -0.2) is 56.0 Å². The van der Waals surface area contributed by atoms with Crippen LogP contribution in [0.3, 0.4) is 0 Å². The SMILES string of the molecule is CC(NS(C)(=O)=O)N1CCC(COC(=O)c2cn(C)c3ccccc23)CC1. The molecule has 1 N–H and O–H groups in total. The Kier molecular flexibility index (Phi) is 5.88. The highest BCUT2D eigenvalue weighted by Gasteiger charge is 2.25. The van der Waals surface area contributed by atoms with Crippen molar-refractivity contribution in [3.05, 3.63) is 36.0 Å². The lowest BCUT2D eigenvalue weighted by Crippen LogP contribution is -2.49. The minimum atomic E-state index is -3.22. The molecule has 0 radical (unpaired) electrons. The number of sulfonamides is 1. The number of benzene rings is 1. The number of aromatic nitrogens is 1. The smallest absolute Gasteiger partial charge is 0.340 e. The number of likely N-dealkylation sites (tertiary alicyclic amines) is 1. The van der Waals surface area contributed by atoms with Crippen molar-refractivity contribution in [1.29, 1.82) is 0 Å². The first-order valence-corrected chi connectivity index (χ1v) is 11.1. The van der Waals surface area contributed by atoms with Crippen molar-refractivity contribution in [3.8, 4) is 0 Å². The molecule has 2 aromatic rings. The number of rotatable bonds is 6. The molecule has 0 saturated carbocycles. The van der Waals surface area contributed by atoms with Gasteiger partial charge in [0.2, 0.25) is 10.0 Å². The molecule has 1 aromatic carbocycles. The van der Waals surface area contributed by atoms with Crippen LogP contribution < -0.4 is 4.72 Å². The molecule has 1 unspecified atom stereocenters. The zero-order chi connectivity index (χ0) is 19.6. The summed E-state index contributed by atoms with van der Waals surface area (Å²) in [5.41, 5.74) is 1.60. The monoisotopic (exact) mass is 393 g/mol. The average molecular weight is 394 g/mol. The van der Waals surface area contributed by atoms with Crippen molar-refractivity contribution >= 4 is 26.9 Å². The number of esters is 1. The third-order valence-electron chi connectivity index (χ3n) is 5.15. The summed E-state index contributed by atoms with van der Waals surface area (Å²) >= 11 is 0. The van der Waals surface area contributed by atoms with Gasteiger partial charge in [0.25, 0.3) is 0 Å². The van der Waals surface area contributed by atoms with Crippen molar-refractivity contribution in [2.24, 2.45) is 13.0 Å². The van der Waals surface area contributed by atoms with E-state index in [0.717, 1.165) is 36.8 Å². The fourth-order valence-electron chi connectivity index (χ4n) is 3.67. The Morgan fingerprint density at radius 2 is 1.96 bits per heavy atom. The number of nitrogens with one attached hydrogen (secondary N) is 1. The van der Waals surface area contributed by atoms with Crippen LogP contribution in [0.15, 0.2) is 30.5 Å². The molecule has 3 rings (SSSR count). The summed E-state index contributed by atoms with van der Waals surface area (Å²) in [6.07, 6.45) is 4.51. The van der Waals surface area contributed by atoms with Crippen LogP contribution in [0.25, 0.3) is 10.9 Å². The number of hydrogen-bond donors (Lipinski definition) is 1. The Bertz CT molecular complexity index is 914. The predicted molar refractivity (Wildman–Crippen MR) is 105 cm³/mol. The number of piperidine rings is 1. The number of ether oxygens (including phenoxy) is 1. The fourth-order valence-corrected chi connectivity index (χ4v) is 4.44. The molecule has 0 amide bonds. The minimum absolute atomic E-state index is 0.223. The number of fused-ring (bicyclic) bond motifs is 1. The molecular weight excluding hydrogens is 366 g/mol. The first kappa shape index (κ1) is 19.9. The van der Waals surface area contributed by atoms with E-state index in [1.807, 2.05) is 49.0 Å². The van der Waals surface area contributed by atoms with Crippen LogP contribution >= 0.6 is 0 Å². The molecule has 1 aromatic heterocycles. The number of nitrogens with zero attached hydrogens (tertiary/aromatic N) is 2. The van der Waals surface area contributed by atoms with E-state index < -0.39 is 10.0 Å². The maximum absolute atomic E-state index is 12.5. The second-order valence-electron chi connectivity index (χ2n) is 7.31. The van der Waals surface area contributed by atoms with Gasteiger partial charge in [-0.2, -0.15) is 4.72 Å². The van der Waals surface area contributed by atoms with Gasteiger partial charge in [0, 0.05) is 37.2 Å². The van der Waals surface area contributed by atoms with E-state index >= 15 is 0 Å². The summed E-state index contributed by atoms with van der Waals surface area (Å²) < 4.78 is 32.8. The number of carbonyl (C=O) groups is 1. The van der Waals surface area contributed by atoms with Gasteiger partial charge >= 0.3 is 5.97 Å². The molecule has 0 bridgehead atoms. The van der Waals surface area contributed by atoms with Crippen molar-refractivity contribution in [3.63, 3.8) is 0 Å². The fraction of sp³-hybridized carbons (Fsp3) is 0.526. The van der Waals surface area contributed by atoms with E-state index in [0.29, 0.717) is 18.1 Å². The molecule has 0 spiro atoms. The standard InChI is InChI=1S/C19H27N3O4S/c1-14(20-27(3,24)25)22-10-8-15(9-11-22)13-26-19(23)17-12-21(2)18-7-5-4-6-16(17)18/h4-7,12,14-15,20H,8-11,13H2,1-3H3. The highest BCUT2D eigenvalue weighted by molar-refractivity contribution is 7.88. The van der Waals surface area contributed by atoms with E-state index in [2.05, 4.69) is 9.62 Å². The Morgan fingerprint density at radius 3 is 2.63 bits per heavy atom. The van der Waals surface area contributed by atoms with Crippen molar-refractivity contribution in [2.75, 3.05) is 26.0 Å². The van der Waals surface area contributed by atoms with Gasteiger partial charge in [0.15, 0.2) is 0 Å². The lowest BCUT2D eigenvalue weighted by molar-refractivity contribution is 0.0347. The third kappa shape index (κ3) is 4.88. The van der Waals surface area contributed by atoms with Gasteiger partial charge in [-0.25, -0.2) is 13.2 Å². The third-order valence-corrected chi connectivity index (χ3v) is 5.92. The number of para-hydroxylation sites is 1. The molecule has 8 heteroatoms. The van der Waals surface area contributed by atoms with Gasteiger partial charge in [0.05, 0.1) is 24.6 Å². The molecular formula is C19H27N3O4S. The first-order chi connectivity index (χ1) is 12.7. The minimum Gasteiger partial charge on any atom is -0.462 e. The van der Waals surface area contributed by atoms with E-state index in [-0.39, 0.29) is 12.1 Å². The van der Waals surface area contributed by atoms with Crippen molar-refractivity contribution in [1.82, 2.24) is 14.2 Å². The van der Waals surface area contributed by atoms with Crippen LogP contribution in [0.1, 0.15) is 30.1 Å².